The van der Waals surface area contributed by atoms with Crippen molar-refractivity contribution in [3.63, 3.8) is 0 Å². The van der Waals surface area contributed by atoms with Crippen molar-refractivity contribution in [2.45, 2.75) is 18.9 Å². The van der Waals surface area contributed by atoms with Gasteiger partial charge in [0.15, 0.2) is 5.13 Å². The van der Waals surface area contributed by atoms with Crippen LogP contribution in [0.5, 0.6) is 0 Å². The Morgan fingerprint density at radius 2 is 2.17 bits per heavy atom. The van der Waals surface area contributed by atoms with Gasteiger partial charge in [0.1, 0.15) is 11.2 Å². The fraction of sp³-hybridized carbons (Fsp3) is 0.312. The largest absolute Gasteiger partial charge is 0.346 e. The summed E-state index contributed by atoms with van der Waals surface area (Å²) in [5, 5.41) is 4.03. The summed E-state index contributed by atoms with van der Waals surface area (Å²) in [5.41, 5.74) is 1.27. The highest BCUT2D eigenvalue weighted by Crippen LogP contribution is 2.29. The number of carbonyl (C=O) groups excluding carboxylic acids is 1. The molecule has 1 saturated heterocycles. The minimum Gasteiger partial charge on any atom is -0.346 e. The highest BCUT2D eigenvalue weighted by Gasteiger charge is 2.24. The molecule has 1 fully saturated rings. The molecule has 4 heterocycles. The first-order chi connectivity index (χ1) is 11.8. The number of fused-ring (bicyclic) bond motifs is 1. The topological polar surface area (TPSA) is 83.9 Å². The van der Waals surface area contributed by atoms with Crippen LogP contribution in [0.2, 0.25) is 0 Å². The zero-order valence-electron chi connectivity index (χ0n) is 12.9. The number of aromatic nitrogens is 4. The highest BCUT2D eigenvalue weighted by atomic mass is 32.1. The van der Waals surface area contributed by atoms with Crippen molar-refractivity contribution < 1.29 is 4.79 Å². The van der Waals surface area contributed by atoms with Crippen molar-refractivity contribution in [3.05, 3.63) is 42.7 Å². The van der Waals surface area contributed by atoms with Gasteiger partial charge in [0, 0.05) is 37.7 Å². The number of nitrogens with zero attached hydrogens (tertiary/aromatic N) is 5. The Hall–Kier alpha value is -2.61. The van der Waals surface area contributed by atoms with Crippen LogP contribution in [0.4, 0.5) is 5.13 Å². The van der Waals surface area contributed by atoms with Gasteiger partial charge in [-0.05, 0) is 18.9 Å². The van der Waals surface area contributed by atoms with E-state index in [2.05, 4.69) is 30.2 Å². The number of hydrogen-bond acceptors (Lipinski definition) is 7. The van der Waals surface area contributed by atoms with E-state index in [0.717, 1.165) is 41.3 Å². The van der Waals surface area contributed by atoms with E-state index in [0.29, 0.717) is 5.69 Å². The number of hydrogen-bond donors (Lipinski definition) is 1. The molecular formula is C16H16N6OS. The summed E-state index contributed by atoms with van der Waals surface area (Å²) < 4.78 is 1.13. The molecule has 0 bridgehead atoms. The number of amides is 1. The van der Waals surface area contributed by atoms with Crippen molar-refractivity contribution in [2.75, 3.05) is 18.0 Å². The van der Waals surface area contributed by atoms with Gasteiger partial charge in [0.25, 0.3) is 5.91 Å². The van der Waals surface area contributed by atoms with E-state index in [9.17, 15) is 4.79 Å². The molecule has 8 heteroatoms. The summed E-state index contributed by atoms with van der Waals surface area (Å²) in [5.74, 6) is -0.177. The summed E-state index contributed by atoms with van der Waals surface area (Å²) in [6, 6.07) is 2.06. The van der Waals surface area contributed by atoms with Gasteiger partial charge >= 0.3 is 0 Å². The van der Waals surface area contributed by atoms with E-state index in [1.165, 1.54) is 12.4 Å². The summed E-state index contributed by atoms with van der Waals surface area (Å²) in [7, 11) is 0. The molecule has 0 saturated carbocycles. The maximum atomic E-state index is 12.2. The van der Waals surface area contributed by atoms with Crippen molar-refractivity contribution in [2.24, 2.45) is 0 Å². The maximum absolute atomic E-state index is 12.2. The Kier molecular flexibility index (Phi) is 4.04. The van der Waals surface area contributed by atoms with Crippen LogP contribution >= 0.6 is 11.3 Å². The molecule has 3 aromatic heterocycles. The van der Waals surface area contributed by atoms with Crippen LogP contribution < -0.4 is 10.2 Å². The lowest BCUT2D eigenvalue weighted by Crippen LogP contribution is -2.48. The Balaban J connectivity index is 1.46. The lowest BCUT2D eigenvalue weighted by atomic mass is 10.1. The summed E-state index contributed by atoms with van der Waals surface area (Å²) in [4.78, 5) is 31.2. The monoisotopic (exact) mass is 340 g/mol. The minimum atomic E-state index is -0.177. The molecule has 1 atom stereocenters. The molecule has 0 aromatic carbocycles. The molecule has 24 heavy (non-hydrogen) atoms. The van der Waals surface area contributed by atoms with Crippen LogP contribution in [0.15, 0.2) is 37.1 Å². The SMILES string of the molecule is O=C(NC1CCCN(c2nc3cnccc3s2)C1)c1cnccn1. The number of pyridine rings is 1. The zero-order chi connectivity index (χ0) is 16.4. The minimum absolute atomic E-state index is 0.0818. The third-order valence-electron chi connectivity index (χ3n) is 4.00. The number of carbonyl (C=O) groups is 1. The molecule has 0 aliphatic carbocycles. The second kappa shape index (κ2) is 6.48. The smallest absolute Gasteiger partial charge is 0.271 e. The van der Waals surface area contributed by atoms with Gasteiger partial charge in [-0.25, -0.2) is 9.97 Å². The number of rotatable bonds is 3. The number of anilines is 1. The first-order valence-electron chi connectivity index (χ1n) is 7.82. The molecule has 0 radical (unpaired) electrons. The van der Waals surface area contributed by atoms with Crippen molar-refractivity contribution in [1.29, 1.82) is 0 Å². The third-order valence-corrected chi connectivity index (χ3v) is 5.10. The fourth-order valence-corrected chi connectivity index (χ4v) is 3.81. The van der Waals surface area contributed by atoms with E-state index < -0.39 is 0 Å². The van der Waals surface area contributed by atoms with E-state index in [-0.39, 0.29) is 11.9 Å². The number of thiazole rings is 1. The standard InChI is InChI=1S/C16H16N6OS/c23-15(13-9-18-5-6-19-13)20-11-2-1-7-22(10-11)16-21-12-8-17-4-3-14(12)24-16/h3-6,8-9,11H,1-2,7,10H2,(H,20,23). The molecule has 1 N–H and O–H groups in total. The summed E-state index contributed by atoms with van der Waals surface area (Å²) >= 11 is 1.66. The van der Waals surface area contributed by atoms with Gasteiger partial charge < -0.3 is 10.2 Å². The average molecular weight is 340 g/mol. The third kappa shape index (κ3) is 3.05. The first kappa shape index (κ1) is 14.9. The predicted octanol–water partition coefficient (Wildman–Crippen LogP) is 1.88. The Labute approximate surface area is 142 Å². The lowest BCUT2D eigenvalue weighted by molar-refractivity contribution is 0.0927. The zero-order valence-corrected chi connectivity index (χ0v) is 13.7. The molecule has 1 aliphatic rings. The van der Waals surface area contributed by atoms with Crippen LogP contribution in [0.1, 0.15) is 23.3 Å². The van der Waals surface area contributed by atoms with Crippen LogP contribution in [0, 0.1) is 0 Å². The van der Waals surface area contributed by atoms with Gasteiger partial charge in [-0.2, -0.15) is 0 Å². The van der Waals surface area contributed by atoms with Crippen LogP contribution in [0.25, 0.3) is 10.2 Å². The number of piperidine rings is 1. The molecule has 1 aliphatic heterocycles. The number of nitrogens with one attached hydrogen (secondary N) is 1. The normalized spacial score (nSPS) is 17.8. The lowest BCUT2D eigenvalue weighted by Gasteiger charge is -2.32. The van der Waals surface area contributed by atoms with Gasteiger partial charge in [0.05, 0.1) is 17.1 Å². The first-order valence-corrected chi connectivity index (χ1v) is 8.63. The molecule has 0 spiro atoms. The van der Waals surface area contributed by atoms with Crippen molar-refractivity contribution in [1.82, 2.24) is 25.3 Å². The fourth-order valence-electron chi connectivity index (χ4n) is 2.85. The van der Waals surface area contributed by atoms with Crippen LogP contribution in [-0.4, -0.2) is 45.0 Å². The average Bonchev–Trinajstić information content (AvgIpc) is 3.07. The molecule has 1 unspecified atom stereocenters. The Bertz CT molecular complexity index is 819. The van der Waals surface area contributed by atoms with Gasteiger partial charge in [0.2, 0.25) is 0 Å². The molecule has 7 nitrogen and oxygen atoms in total. The van der Waals surface area contributed by atoms with Gasteiger partial charge in [-0.15, -0.1) is 0 Å². The molecular weight excluding hydrogens is 324 g/mol. The van der Waals surface area contributed by atoms with Gasteiger partial charge in [-0.3, -0.25) is 14.8 Å². The summed E-state index contributed by atoms with van der Waals surface area (Å²) in [6.07, 6.45) is 10.1. The van der Waals surface area contributed by atoms with E-state index in [1.807, 2.05) is 6.07 Å². The molecule has 4 rings (SSSR count). The maximum Gasteiger partial charge on any atom is 0.271 e. The van der Waals surface area contributed by atoms with E-state index in [1.54, 1.807) is 29.9 Å². The molecule has 122 valence electrons. The van der Waals surface area contributed by atoms with E-state index in [4.69, 9.17) is 0 Å². The summed E-state index contributed by atoms with van der Waals surface area (Å²) in [6.45, 7) is 1.70. The second-order valence-electron chi connectivity index (χ2n) is 5.69. The van der Waals surface area contributed by atoms with E-state index >= 15 is 0 Å². The van der Waals surface area contributed by atoms with Crippen molar-refractivity contribution >= 4 is 32.6 Å². The van der Waals surface area contributed by atoms with Gasteiger partial charge in [-0.1, -0.05) is 11.3 Å². The predicted molar refractivity (Wildman–Crippen MR) is 92.1 cm³/mol. The van der Waals surface area contributed by atoms with Crippen LogP contribution in [-0.2, 0) is 0 Å². The van der Waals surface area contributed by atoms with Crippen LogP contribution in [0.3, 0.4) is 0 Å². The molecule has 1 amide bonds. The highest BCUT2D eigenvalue weighted by molar-refractivity contribution is 7.22. The second-order valence-corrected chi connectivity index (χ2v) is 6.70. The Morgan fingerprint density at radius 1 is 1.25 bits per heavy atom. The quantitative estimate of drug-likeness (QED) is 0.784. The van der Waals surface area contributed by atoms with Crippen molar-refractivity contribution in [3.8, 4) is 0 Å². The molecule has 3 aromatic rings. The Morgan fingerprint density at radius 3 is 3.00 bits per heavy atom.